The molecule has 1 unspecified atom stereocenters. The number of methoxy groups -OCH3 is 1. The van der Waals surface area contributed by atoms with Gasteiger partial charge in [-0.15, -0.1) is 0 Å². The molecule has 1 aliphatic rings. The average Bonchev–Trinajstić information content (AvgIpc) is 2.90. The first-order chi connectivity index (χ1) is 17.5. The zero-order chi connectivity index (χ0) is 25.5. The van der Waals surface area contributed by atoms with Crippen molar-refractivity contribution in [3.8, 4) is 34.8 Å². The number of esters is 1. The Morgan fingerprint density at radius 3 is 2.44 bits per heavy atom. The maximum atomic E-state index is 12.4. The van der Waals surface area contributed by atoms with Crippen molar-refractivity contribution in [2.45, 2.75) is 19.3 Å². The molecule has 0 spiro atoms. The standard InChI is InChI=1S/C28H26N2O6/c1-3-14-33-24-7-5-4-6-21(24)27-22-13-12-20(15-25(22)36-28(30)23(27)16-29)35-26(31)17-34-19-10-8-18(32-2)9-11-19/h4-13,15,27H,3,14,17,30H2,1-2H3. The molecule has 36 heavy (non-hydrogen) atoms. The van der Waals surface area contributed by atoms with Gasteiger partial charge in [0.1, 0.15) is 40.4 Å². The number of benzene rings is 3. The zero-order valence-electron chi connectivity index (χ0n) is 20.0. The van der Waals surface area contributed by atoms with Crippen LogP contribution in [0.15, 0.2) is 78.2 Å². The Morgan fingerprint density at radius 1 is 1.00 bits per heavy atom. The number of nitrogens with two attached hydrogens (primary N) is 1. The molecule has 2 N–H and O–H groups in total. The van der Waals surface area contributed by atoms with Gasteiger partial charge in [-0.1, -0.05) is 31.2 Å². The largest absolute Gasteiger partial charge is 0.497 e. The quantitative estimate of drug-likeness (QED) is 0.342. The van der Waals surface area contributed by atoms with E-state index in [1.165, 1.54) is 0 Å². The van der Waals surface area contributed by atoms with Crippen LogP contribution in [0.1, 0.15) is 30.4 Å². The molecule has 0 saturated heterocycles. The van der Waals surface area contributed by atoms with Crippen molar-refractivity contribution in [3.05, 3.63) is 89.3 Å². The molecule has 1 atom stereocenters. The first kappa shape index (κ1) is 24.5. The summed E-state index contributed by atoms with van der Waals surface area (Å²) in [6.45, 7) is 2.28. The number of para-hydroxylation sites is 1. The number of carbonyl (C=O) groups excluding carboxylic acids is 1. The third-order valence-electron chi connectivity index (χ3n) is 5.53. The summed E-state index contributed by atoms with van der Waals surface area (Å²) in [5, 5.41) is 9.84. The van der Waals surface area contributed by atoms with Crippen molar-refractivity contribution < 1.29 is 28.5 Å². The molecular weight excluding hydrogens is 460 g/mol. The first-order valence-electron chi connectivity index (χ1n) is 11.4. The van der Waals surface area contributed by atoms with E-state index in [0.29, 0.717) is 35.2 Å². The number of rotatable bonds is 9. The molecular formula is C28H26N2O6. The van der Waals surface area contributed by atoms with Crippen LogP contribution in [0.25, 0.3) is 0 Å². The van der Waals surface area contributed by atoms with Crippen LogP contribution in [0.4, 0.5) is 0 Å². The van der Waals surface area contributed by atoms with E-state index in [4.69, 9.17) is 29.4 Å². The number of hydrogen-bond acceptors (Lipinski definition) is 8. The molecule has 0 aliphatic carbocycles. The van der Waals surface area contributed by atoms with Crippen LogP contribution in [0.5, 0.6) is 28.7 Å². The van der Waals surface area contributed by atoms with Gasteiger partial charge in [-0.3, -0.25) is 0 Å². The van der Waals surface area contributed by atoms with Gasteiger partial charge in [0, 0.05) is 17.2 Å². The second-order valence-corrected chi connectivity index (χ2v) is 7.95. The maximum Gasteiger partial charge on any atom is 0.349 e. The van der Waals surface area contributed by atoms with Gasteiger partial charge in [0.2, 0.25) is 5.88 Å². The molecule has 0 radical (unpaired) electrons. The number of nitriles is 1. The van der Waals surface area contributed by atoms with E-state index in [9.17, 15) is 10.1 Å². The normalized spacial score (nSPS) is 14.2. The fraction of sp³-hybridized carbons (Fsp3) is 0.214. The molecule has 4 rings (SSSR count). The van der Waals surface area contributed by atoms with Crippen molar-refractivity contribution in [2.75, 3.05) is 20.3 Å². The molecule has 0 aromatic heterocycles. The lowest BCUT2D eigenvalue weighted by molar-refractivity contribution is -0.136. The van der Waals surface area contributed by atoms with Crippen molar-refractivity contribution in [1.82, 2.24) is 0 Å². The summed E-state index contributed by atoms with van der Waals surface area (Å²) in [6, 6.07) is 21.5. The first-order valence-corrected chi connectivity index (χ1v) is 11.4. The topological polar surface area (TPSA) is 113 Å². The summed E-state index contributed by atoms with van der Waals surface area (Å²) in [5.74, 6) is 1.44. The van der Waals surface area contributed by atoms with Gasteiger partial charge < -0.3 is 29.4 Å². The molecule has 1 aliphatic heterocycles. The second kappa shape index (κ2) is 11.2. The van der Waals surface area contributed by atoms with Gasteiger partial charge in [-0.2, -0.15) is 5.26 Å². The van der Waals surface area contributed by atoms with Crippen molar-refractivity contribution in [1.29, 1.82) is 5.26 Å². The van der Waals surface area contributed by atoms with Crippen LogP contribution in [0.2, 0.25) is 0 Å². The minimum absolute atomic E-state index is 0.00777. The SMILES string of the molecule is CCCOc1ccccc1C1C(C#N)=C(N)Oc2cc(OC(=O)COc3ccc(OC)cc3)ccc21. The Labute approximate surface area is 209 Å². The van der Waals surface area contributed by atoms with Gasteiger partial charge in [-0.25, -0.2) is 4.79 Å². The van der Waals surface area contributed by atoms with Crippen molar-refractivity contribution >= 4 is 5.97 Å². The molecule has 0 amide bonds. The van der Waals surface area contributed by atoms with Crippen LogP contribution >= 0.6 is 0 Å². The van der Waals surface area contributed by atoms with Crippen LogP contribution in [-0.4, -0.2) is 26.3 Å². The molecule has 8 nitrogen and oxygen atoms in total. The summed E-state index contributed by atoms with van der Waals surface area (Å²) in [6.07, 6.45) is 0.846. The average molecular weight is 487 g/mol. The molecule has 8 heteroatoms. The highest BCUT2D eigenvalue weighted by Crippen LogP contribution is 2.45. The van der Waals surface area contributed by atoms with Gasteiger partial charge in [-0.05, 0) is 42.8 Å². The number of fused-ring (bicyclic) bond motifs is 1. The molecule has 0 bridgehead atoms. The van der Waals surface area contributed by atoms with Crippen LogP contribution in [-0.2, 0) is 4.79 Å². The summed E-state index contributed by atoms with van der Waals surface area (Å²) in [5.41, 5.74) is 7.92. The number of ether oxygens (including phenoxy) is 5. The van der Waals surface area contributed by atoms with Crippen LogP contribution in [0, 0.1) is 11.3 Å². The number of carbonyl (C=O) groups is 1. The van der Waals surface area contributed by atoms with E-state index >= 15 is 0 Å². The molecule has 0 fully saturated rings. The van der Waals surface area contributed by atoms with Crippen molar-refractivity contribution in [2.24, 2.45) is 5.73 Å². The summed E-state index contributed by atoms with van der Waals surface area (Å²) < 4.78 is 27.7. The molecule has 184 valence electrons. The summed E-state index contributed by atoms with van der Waals surface area (Å²) >= 11 is 0. The predicted octanol–water partition coefficient (Wildman–Crippen LogP) is 4.69. The minimum Gasteiger partial charge on any atom is -0.497 e. The van der Waals surface area contributed by atoms with E-state index in [1.807, 2.05) is 31.2 Å². The van der Waals surface area contributed by atoms with Gasteiger partial charge >= 0.3 is 5.97 Å². The number of hydrogen-bond donors (Lipinski definition) is 1. The lowest BCUT2D eigenvalue weighted by Crippen LogP contribution is -2.22. The third-order valence-corrected chi connectivity index (χ3v) is 5.53. The van der Waals surface area contributed by atoms with E-state index in [2.05, 4.69) is 6.07 Å². The molecule has 3 aromatic carbocycles. The Bertz CT molecular complexity index is 1310. The van der Waals surface area contributed by atoms with Gasteiger partial charge in [0.25, 0.3) is 0 Å². The smallest absolute Gasteiger partial charge is 0.349 e. The highest BCUT2D eigenvalue weighted by Gasteiger charge is 2.33. The zero-order valence-corrected chi connectivity index (χ0v) is 20.0. The van der Waals surface area contributed by atoms with E-state index in [0.717, 1.165) is 12.0 Å². The highest BCUT2D eigenvalue weighted by molar-refractivity contribution is 5.74. The molecule has 0 saturated carbocycles. The Balaban J connectivity index is 1.54. The molecule has 1 heterocycles. The number of nitrogens with zero attached hydrogens (tertiary/aromatic N) is 1. The monoisotopic (exact) mass is 486 g/mol. The Hall–Kier alpha value is -4.64. The summed E-state index contributed by atoms with van der Waals surface area (Å²) in [7, 11) is 1.57. The number of allylic oxidation sites excluding steroid dienone is 1. The van der Waals surface area contributed by atoms with Crippen molar-refractivity contribution in [3.63, 3.8) is 0 Å². The van der Waals surface area contributed by atoms with Crippen LogP contribution in [0.3, 0.4) is 0 Å². The highest BCUT2D eigenvalue weighted by atomic mass is 16.6. The lowest BCUT2D eigenvalue weighted by Gasteiger charge is -2.28. The minimum atomic E-state index is -0.585. The van der Waals surface area contributed by atoms with Gasteiger partial charge in [0.15, 0.2) is 6.61 Å². The summed E-state index contributed by atoms with van der Waals surface area (Å²) in [4.78, 5) is 12.4. The fourth-order valence-electron chi connectivity index (χ4n) is 3.86. The third kappa shape index (κ3) is 5.36. The van der Waals surface area contributed by atoms with E-state index < -0.39 is 11.9 Å². The lowest BCUT2D eigenvalue weighted by atomic mass is 9.83. The van der Waals surface area contributed by atoms with E-state index in [1.54, 1.807) is 49.6 Å². The Morgan fingerprint density at radius 2 is 1.72 bits per heavy atom. The van der Waals surface area contributed by atoms with Gasteiger partial charge in [0.05, 0.1) is 19.6 Å². The Kier molecular flexibility index (Phi) is 7.61. The van der Waals surface area contributed by atoms with E-state index in [-0.39, 0.29) is 23.8 Å². The fourth-order valence-corrected chi connectivity index (χ4v) is 3.86. The second-order valence-electron chi connectivity index (χ2n) is 7.95. The predicted molar refractivity (Wildman–Crippen MR) is 132 cm³/mol. The van der Waals surface area contributed by atoms with Crippen LogP contribution < -0.4 is 29.4 Å². The molecule has 3 aromatic rings. The maximum absolute atomic E-state index is 12.4.